The van der Waals surface area contributed by atoms with E-state index in [2.05, 4.69) is 6.92 Å². The van der Waals surface area contributed by atoms with E-state index in [0.717, 1.165) is 51.4 Å². The standard InChI is InChI=1S/C18H26O2/c1-17-10-7-13-12(14(17)5-6-16(17)19)8-11-18(20)9-3-2-4-15(13)18/h12,14,20H,2-11H2,1H3/t12-,14+,17+,18?/m1/s1. The number of ketones is 1. The van der Waals surface area contributed by atoms with Crippen LogP contribution < -0.4 is 0 Å². The Labute approximate surface area is 121 Å². The topological polar surface area (TPSA) is 37.3 Å². The number of allylic oxidation sites excluding steroid dienone is 1. The molecule has 3 saturated carbocycles. The minimum atomic E-state index is -0.472. The summed E-state index contributed by atoms with van der Waals surface area (Å²) in [5, 5.41) is 11.0. The Bertz CT molecular complexity index is 492. The largest absolute Gasteiger partial charge is 0.386 e. The van der Waals surface area contributed by atoms with Crippen LogP contribution in [-0.4, -0.2) is 16.5 Å². The molecule has 1 N–H and O–H groups in total. The second-order valence-corrected chi connectivity index (χ2v) is 7.87. The first-order valence-corrected chi connectivity index (χ1v) is 8.53. The van der Waals surface area contributed by atoms with Crippen LogP contribution in [0.15, 0.2) is 11.1 Å². The maximum Gasteiger partial charge on any atom is 0.139 e. The number of carbonyl (C=O) groups is 1. The third-order valence-corrected chi connectivity index (χ3v) is 7.07. The first-order chi connectivity index (χ1) is 9.55. The summed E-state index contributed by atoms with van der Waals surface area (Å²) in [5.74, 6) is 1.68. The van der Waals surface area contributed by atoms with Crippen LogP contribution in [-0.2, 0) is 4.79 Å². The molecule has 0 aromatic heterocycles. The van der Waals surface area contributed by atoms with Crippen molar-refractivity contribution in [3.8, 4) is 0 Å². The molecule has 4 atom stereocenters. The van der Waals surface area contributed by atoms with Gasteiger partial charge < -0.3 is 5.11 Å². The van der Waals surface area contributed by atoms with Gasteiger partial charge in [0.25, 0.3) is 0 Å². The summed E-state index contributed by atoms with van der Waals surface area (Å²) in [4.78, 5) is 12.3. The van der Waals surface area contributed by atoms with Gasteiger partial charge in [0.1, 0.15) is 5.78 Å². The van der Waals surface area contributed by atoms with Crippen molar-refractivity contribution < 1.29 is 9.90 Å². The van der Waals surface area contributed by atoms with E-state index in [-0.39, 0.29) is 5.41 Å². The summed E-state index contributed by atoms with van der Waals surface area (Å²) in [7, 11) is 0. The SMILES string of the molecule is C[C@]12CCC3=C4CCCCC4(O)CC[C@H]3[C@@H]1CCC2=O. The molecule has 0 aromatic carbocycles. The zero-order valence-electron chi connectivity index (χ0n) is 12.6. The normalized spacial score (nSPS) is 47.8. The first-order valence-electron chi connectivity index (χ1n) is 8.53. The molecular weight excluding hydrogens is 248 g/mol. The highest BCUT2D eigenvalue weighted by Gasteiger charge is 2.55. The molecule has 4 aliphatic rings. The first kappa shape index (κ1) is 13.1. The molecule has 3 fully saturated rings. The number of hydrogen-bond donors (Lipinski definition) is 1. The van der Waals surface area contributed by atoms with E-state index in [0.29, 0.717) is 17.6 Å². The molecule has 4 aliphatic carbocycles. The number of rotatable bonds is 0. The number of Topliss-reactive ketones (excluding diaryl/α,β-unsaturated/α-hetero) is 1. The fourth-order valence-electron chi connectivity index (χ4n) is 5.87. The third-order valence-electron chi connectivity index (χ3n) is 7.07. The van der Waals surface area contributed by atoms with E-state index >= 15 is 0 Å². The predicted molar refractivity (Wildman–Crippen MR) is 78.2 cm³/mol. The number of hydrogen-bond acceptors (Lipinski definition) is 2. The fraction of sp³-hybridized carbons (Fsp3) is 0.833. The Hall–Kier alpha value is -0.630. The van der Waals surface area contributed by atoms with Gasteiger partial charge in [0, 0.05) is 11.8 Å². The lowest BCUT2D eigenvalue weighted by Gasteiger charge is -2.50. The van der Waals surface area contributed by atoms with Crippen molar-refractivity contribution in [1.29, 1.82) is 0 Å². The molecule has 0 aliphatic heterocycles. The van der Waals surface area contributed by atoms with Crippen LogP contribution in [0.3, 0.4) is 0 Å². The van der Waals surface area contributed by atoms with Crippen LogP contribution in [0.25, 0.3) is 0 Å². The molecule has 0 amide bonds. The van der Waals surface area contributed by atoms with Crippen molar-refractivity contribution in [3.63, 3.8) is 0 Å². The van der Waals surface area contributed by atoms with Crippen LogP contribution >= 0.6 is 0 Å². The average Bonchev–Trinajstić information content (AvgIpc) is 2.74. The van der Waals surface area contributed by atoms with Gasteiger partial charge in [-0.25, -0.2) is 0 Å². The van der Waals surface area contributed by atoms with Crippen molar-refractivity contribution in [2.45, 2.75) is 76.7 Å². The average molecular weight is 274 g/mol. The van der Waals surface area contributed by atoms with Gasteiger partial charge in [-0.2, -0.15) is 0 Å². The van der Waals surface area contributed by atoms with Gasteiger partial charge in [-0.15, -0.1) is 0 Å². The minimum absolute atomic E-state index is 0.0428. The molecule has 4 rings (SSSR count). The van der Waals surface area contributed by atoms with Crippen molar-refractivity contribution >= 4 is 5.78 Å². The number of fused-ring (bicyclic) bond motifs is 4. The van der Waals surface area contributed by atoms with Gasteiger partial charge in [0.15, 0.2) is 0 Å². The maximum absolute atomic E-state index is 12.3. The maximum atomic E-state index is 12.3. The zero-order chi connectivity index (χ0) is 14.0. The van der Waals surface area contributed by atoms with Crippen molar-refractivity contribution in [2.75, 3.05) is 0 Å². The molecule has 2 nitrogen and oxygen atoms in total. The van der Waals surface area contributed by atoms with Crippen LogP contribution in [0.5, 0.6) is 0 Å². The second kappa shape index (κ2) is 4.19. The highest BCUT2D eigenvalue weighted by molar-refractivity contribution is 5.87. The van der Waals surface area contributed by atoms with Gasteiger partial charge in [-0.1, -0.05) is 12.5 Å². The van der Waals surface area contributed by atoms with Crippen LogP contribution in [0, 0.1) is 17.3 Å². The lowest BCUT2D eigenvalue weighted by atomic mass is 9.55. The minimum Gasteiger partial charge on any atom is -0.386 e. The van der Waals surface area contributed by atoms with Crippen molar-refractivity contribution in [2.24, 2.45) is 17.3 Å². The van der Waals surface area contributed by atoms with E-state index in [1.165, 1.54) is 18.4 Å². The van der Waals surface area contributed by atoms with Gasteiger partial charge in [0.05, 0.1) is 5.60 Å². The van der Waals surface area contributed by atoms with Crippen molar-refractivity contribution in [1.82, 2.24) is 0 Å². The Morgan fingerprint density at radius 2 is 1.90 bits per heavy atom. The third kappa shape index (κ3) is 1.57. The molecule has 1 unspecified atom stereocenters. The molecule has 20 heavy (non-hydrogen) atoms. The molecular formula is C18H26O2. The summed E-state index contributed by atoms with van der Waals surface area (Å²) in [5.41, 5.74) is 2.47. The Balaban J connectivity index is 1.75. The number of aliphatic hydroxyl groups is 1. The Morgan fingerprint density at radius 3 is 2.75 bits per heavy atom. The summed E-state index contributed by atoms with van der Waals surface area (Å²) in [6.45, 7) is 2.22. The van der Waals surface area contributed by atoms with E-state index in [1.54, 1.807) is 5.57 Å². The summed E-state index contributed by atoms with van der Waals surface area (Å²) in [6.07, 6.45) is 10.5. The smallest absolute Gasteiger partial charge is 0.139 e. The highest BCUT2D eigenvalue weighted by atomic mass is 16.3. The lowest BCUT2D eigenvalue weighted by Crippen LogP contribution is -2.46. The highest BCUT2D eigenvalue weighted by Crippen LogP contribution is 2.59. The molecule has 0 radical (unpaired) electrons. The second-order valence-electron chi connectivity index (χ2n) is 7.87. The molecule has 0 spiro atoms. The van der Waals surface area contributed by atoms with Crippen LogP contribution in [0.1, 0.15) is 71.1 Å². The predicted octanol–water partition coefficient (Wildman–Crippen LogP) is 3.78. The quantitative estimate of drug-likeness (QED) is 0.683. The van der Waals surface area contributed by atoms with E-state index in [4.69, 9.17) is 0 Å². The fourth-order valence-corrected chi connectivity index (χ4v) is 5.87. The molecule has 0 heterocycles. The van der Waals surface area contributed by atoms with Gasteiger partial charge in [-0.3, -0.25) is 4.79 Å². The van der Waals surface area contributed by atoms with E-state index in [1.807, 2.05) is 0 Å². The Kier molecular flexibility index (Phi) is 2.74. The summed E-state index contributed by atoms with van der Waals surface area (Å²) in [6, 6.07) is 0. The van der Waals surface area contributed by atoms with Gasteiger partial charge >= 0.3 is 0 Å². The van der Waals surface area contributed by atoms with Crippen LogP contribution in [0.4, 0.5) is 0 Å². The zero-order valence-corrected chi connectivity index (χ0v) is 12.6. The monoisotopic (exact) mass is 274 g/mol. The molecule has 0 aromatic rings. The summed E-state index contributed by atoms with van der Waals surface area (Å²) < 4.78 is 0. The summed E-state index contributed by atoms with van der Waals surface area (Å²) >= 11 is 0. The van der Waals surface area contributed by atoms with Crippen LogP contribution in [0.2, 0.25) is 0 Å². The van der Waals surface area contributed by atoms with E-state index in [9.17, 15) is 9.90 Å². The van der Waals surface area contributed by atoms with Gasteiger partial charge in [0.2, 0.25) is 0 Å². The van der Waals surface area contributed by atoms with Gasteiger partial charge in [-0.05, 0) is 75.2 Å². The van der Waals surface area contributed by atoms with E-state index < -0.39 is 5.60 Å². The number of carbonyl (C=O) groups excluding carboxylic acids is 1. The molecule has 2 heteroatoms. The Morgan fingerprint density at radius 1 is 1.05 bits per heavy atom. The molecule has 0 saturated heterocycles. The molecule has 110 valence electrons. The lowest BCUT2D eigenvalue weighted by molar-refractivity contribution is -0.128. The van der Waals surface area contributed by atoms with Crippen molar-refractivity contribution in [3.05, 3.63) is 11.1 Å². The molecule has 0 bridgehead atoms.